The Morgan fingerprint density at radius 1 is 1.27 bits per heavy atom. The second kappa shape index (κ2) is 9.19. The zero-order valence-corrected chi connectivity index (χ0v) is 17.8. The molecule has 1 atom stereocenters. The van der Waals surface area contributed by atoms with E-state index < -0.39 is 0 Å². The number of nitrogens with zero attached hydrogens (tertiary/aromatic N) is 3. The van der Waals surface area contributed by atoms with Crippen LogP contribution < -0.4 is 0 Å². The Labute approximate surface area is 176 Å². The lowest BCUT2D eigenvalue weighted by atomic mass is 10.1. The Kier molecular flexibility index (Phi) is 6.64. The van der Waals surface area contributed by atoms with E-state index in [-0.39, 0.29) is 36.7 Å². The van der Waals surface area contributed by atoms with E-state index in [0.29, 0.717) is 44.2 Å². The summed E-state index contributed by atoms with van der Waals surface area (Å²) in [5, 5.41) is 0.875. The zero-order chi connectivity index (χ0) is 21.8. The minimum Gasteiger partial charge on any atom is -0.466 e. The number of hydrogen-bond acceptors (Lipinski definition) is 5. The van der Waals surface area contributed by atoms with Crippen molar-refractivity contribution in [3.8, 4) is 0 Å². The van der Waals surface area contributed by atoms with Crippen molar-refractivity contribution in [3.63, 3.8) is 0 Å². The molecule has 2 aromatic heterocycles. The fourth-order valence-electron chi connectivity index (χ4n) is 3.84. The number of rotatable bonds is 7. The maximum absolute atomic E-state index is 13.2. The highest BCUT2D eigenvalue weighted by atomic mass is 16.5. The highest BCUT2D eigenvalue weighted by molar-refractivity contribution is 5.98. The molecule has 0 aromatic carbocycles. The van der Waals surface area contributed by atoms with Gasteiger partial charge in [0.1, 0.15) is 5.69 Å². The van der Waals surface area contributed by atoms with Gasteiger partial charge in [-0.15, -0.1) is 0 Å². The molecular formula is C22H29N3O5. The SMILES string of the molecule is C=C(C)Cn1c(C(=O)N2CCN(C(=O)CCC(=O)OCC)C(C)C2)cc2ccoc21. The van der Waals surface area contributed by atoms with Gasteiger partial charge in [0.2, 0.25) is 11.6 Å². The summed E-state index contributed by atoms with van der Waals surface area (Å²) in [4.78, 5) is 40.8. The molecule has 2 aromatic rings. The Balaban J connectivity index is 1.67. The topological polar surface area (TPSA) is 85.0 Å². The normalized spacial score (nSPS) is 16.7. The molecule has 3 heterocycles. The minimum absolute atomic E-state index is 0.0754. The molecule has 0 N–H and O–H groups in total. The lowest BCUT2D eigenvalue weighted by Crippen LogP contribution is -2.55. The molecule has 1 aliphatic heterocycles. The van der Waals surface area contributed by atoms with Gasteiger partial charge in [0.05, 0.1) is 19.3 Å². The van der Waals surface area contributed by atoms with Crippen molar-refractivity contribution in [2.45, 2.75) is 46.2 Å². The minimum atomic E-state index is -0.366. The number of hydrogen-bond donors (Lipinski definition) is 0. The van der Waals surface area contributed by atoms with Crippen LogP contribution in [0, 0.1) is 0 Å². The second-order valence-corrected chi connectivity index (χ2v) is 7.75. The molecule has 2 amide bonds. The Morgan fingerprint density at radius 2 is 2.03 bits per heavy atom. The van der Waals surface area contributed by atoms with Crippen molar-refractivity contribution in [1.29, 1.82) is 0 Å². The first-order chi connectivity index (χ1) is 14.3. The van der Waals surface area contributed by atoms with Crippen LogP contribution >= 0.6 is 0 Å². The monoisotopic (exact) mass is 415 g/mol. The molecule has 0 radical (unpaired) electrons. The van der Waals surface area contributed by atoms with Gasteiger partial charge >= 0.3 is 5.97 Å². The van der Waals surface area contributed by atoms with Crippen molar-refractivity contribution in [2.75, 3.05) is 26.2 Å². The number of aromatic nitrogens is 1. The molecule has 0 aliphatic carbocycles. The first-order valence-electron chi connectivity index (χ1n) is 10.3. The van der Waals surface area contributed by atoms with Crippen molar-refractivity contribution in [1.82, 2.24) is 14.4 Å². The average molecular weight is 415 g/mol. The number of carbonyl (C=O) groups excluding carboxylic acids is 3. The highest BCUT2D eigenvalue weighted by Crippen LogP contribution is 2.24. The van der Waals surface area contributed by atoms with Gasteiger partial charge in [-0.05, 0) is 32.9 Å². The van der Waals surface area contributed by atoms with E-state index in [1.54, 1.807) is 23.0 Å². The number of amides is 2. The van der Waals surface area contributed by atoms with Gasteiger partial charge in [0, 0.05) is 44.0 Å². The lowest BCUT2D eigenvalue weighted by molar-refractivity contribution is -0.146. The van der Waals surface area contributed by atoms with E-state index in [4.69, 9.17) is 9.15 Å². The van der Waals surface area contributed by atoms with Crippen LogP contribution in [0.5, 0.6) is 0 Å². The number of piperazine rings is 1. The van der Waals surface area contributed by atoms with Gasteiger partial charge in [-0.3, -0.25) is 14.4 Å². The molecule has 1 fully saturated rings. The first-order valence-corrected chi connectivity index (χ1v) is 10.3. The lowest BCUT2D eigenvalue weighted by Gasteiger charge is -2.40. The van der Waals surface area contributed by atoms with Crippen LogP contribution in [0.2, 0.25) is 0 Å². The average Bonchev–Trinajstić information content (AvgIpc) is 3.28. The molecule has 1 aliphatic rings. The third kappa shape index (κ3) is 4.58. The molecule has 162 valence electrons. The van der Waals surface area contributed by atoms with Crippen LogP contribution in [0.15, 0.2) is 35.0 Å². The molecule has 30 heavy (non-hydrogen) atoms. The number of fused-ring (bicyclic) bond motifs is 1. The number of ether oxygens (including phenoxy) is 1. The van der Waals surface area contributed by atoms with Gasteiger partial charge < -0.3 is 23.5 Å². The molecule has 1 saturated heterocycles. The summed E-state index contributed by atoms with van der Waals surface area (Å²) in [6.07, 6.45) is 1.80. The summed E-state index contributed by atoms with van der Waals surface area (Å²) in [5.41, 5.74) is 2.13. The zero-order valence-electron chi connectivity index (χ0n) is 17.8. The van der Waals surface area contributed by atoms with E-state index in [0.717, 1.165) is 11.0 Å². The van der Waals surface area contributed by atoms with Crippen LogP contribution in [0.25, 0.3) is 11.1 Å². The summed E-state index contributed by atoms with van der Waals surface area (Å²) in [5.74, 6) is -0.547. The number of esters is 1. The molecule has 1 unspecified atom stereocenters. The summed E-state index contributed by atoms with van der Waals surface area (Å²) in [6.45, 7) is 11.6. The molecular weight excluding hydrogens is 386 g/mol. The summed E-state index contributed by atoms with van der Waals surface area (Å²) < 4.78 is 12.3. The van der Waals surface area contributed by atoms with E-state index in [2.05, 4.69) is 6.58 Å². The quantitative estimate of drug-likeness (QED) is 0.513. The summed E-state index contributed by atoms with van der Waals surface area (Å²) in [7, 11) is 0. The smallest absolute Gasteiger partial charge is 0.306 e. The van der Waals surface area contributed by atoms with E-state index in [1.807, 2.05) is 30.5 Å². The Morgan fingerprint density at radius 3 is 2.70 bits per heavy atom. The third-order valence-electron chi connectivity index (χ3n) is 5.23. The van der Waals surface area contributed by atoms with Crippen LogP contribution in [-0.4, -0.2) is 64.4 Å². The summed E-state index contributed by atoms with van der Waals surface area (Å²) >= 11 is 0. The maximum Gasteiger partial charge on any atom is 0.306 e. The molecule has 3 rings (SSSR count). The molecule has 8 heteroatoms. The fraction of sp³-hybridized carbons (Fsp3) is 0.500. The van der Waals surface area contributed by atoms with Crippen molar-refractivity contribution >= 4 is 28.9 Å². The van der Waals surface area contributed by atoms with Crippen molar-refractivity contribution < 1.29 is 23.5 Å². The van der Waals surface area contributed by atoms with Gasteiger partial charge in [-0.25, -0.2) is 0 Å². The van der Waals surface area contributed by atoms with Gasteiger partial charge in [0.25, 0.3) is 5.91 Å². The molecule has 8 nitrogen and oxygen atoms in total. The fourth-order valence-corrected chi connectivity index (χ4v) is 3.84. The largest absolute Gasteiger partial charge is 0.466 e. The maximum atomic E-state index is 13.2. The molecule has 0 saturated carbocycles. The van der Waals surface area contributed by atoms with Crippen LogP contribution in [0.3, 0.4) is 0 Å². The first kappa shape index (κ1) is 21.7. The summed E-state index contributed by atoms with van der Waals surface area (Å²) in [6, 6.07) is 3.54. The van der Waals surface area contributed by atoms with Crippen LogP contribution in [0.4, 0.5) is 0 Å². The number of carbonyl (C=O) groups is 3. The Hall–Kier alpha value is -3.03. The highest BCUT2D eigenvalue weighted by Gasteiger charge is 2.32. The standard InChI is InChI=1S/C22H29N3O5/c1-5-29-20(27)7-6-19(26)24-10-9-23(14-16(24)4)21(28)18-12-17-8-11-30-22(17)25(18)13-15(2)3/h8,11-12,16H,2,5-7,9-10,13-14H2,1,3-4H3. The van der Waals surface area contributed by atoms with E-state index in [9.17, 15) is 14.4 Å². The van der Waals surface area contributed by atoms with Crippen molar-refractivity contribution in [3.05, 3.63) is 36.2 Å². The molecule has 0 bridgehead atoms. The third-order valence-corrected chi connectivity index (χ3v) is 5.23. The number of allylic oxidation sites excluding steroid dienone is 1. The van der Waals surface area contributed by atoms with E-state index in [1.165, 1.54) is 0 Å². The van der Waals surface area contributed by atoms with Crippen molar-refractivity contribution in [2.24, 2.45) is 0 Å². The Bertz CT molecular complexity index is 957. The van der Waals surface area contributed by atoms with Gasteiger partial charge in [0.15, 0.2) is 0 Å². The predicted molar refractivity (Wildman–Crippen MR) is 112 cm³/mol. The van der Waals surface area contributed by atoms with Crippen LogP contribution in [0.1, 0.15) is 44.1 Å². The van der Waals surface area contributed by atoms with E-state index >= 15 is 0 Å². The second-order valence-electron chi connectivity index (χ2n) is 7.75. The van der Waals surface area contributed by atoms with Gasteiger partial charge in [-0.2, -0.15) is 0 Å². The van der Waals surface area contributed by atoms with Gasteiger partial charge in [-0.1, -0.05) is 12.2 Å². The van der Waals surface area contributed by atoms with Crippen LogP contribution in [-0.2, 0) is 20.9 Å². The predicted octanol–water partition coefficient (Wildman–Crippen LogP) is 2.83. The molecule has 0 spiro atoms. The number of furan rings is 1.